The van der Waals surface area contributed by atoms with Gasteiger partial charge in [-0.3, -0.25) is 19.2 Å². The predicted octanol–water partition coefficient (Wildman–Crippen LogP) is 8.55. The number of ketones is 1. The fourth-order valence-corrected chi connectivity index (χ4v) is 10.2. The Hall–Kier alpha value is -4.06. The van der Waals surface area contributed by atoms with E-state index in [1.165, 1.54) is 6.42 Å². The highest BCUT2D eigenvalue weighted by Gasteiger charge is 2.61. The summed E-state index contributed by atoms with van der Waals surface area (Å²) in [7, 11) is 0. The smallest absolute Gasteiger partial charge is 0.310 e. The molecule has 0 spiro atoms. The van der Waals surface area contributed by atoms with Crippen molar-refractivity contribution in [1.82, 2.24) is 14.9 Å². The van der Waals surface area contributed by atoms with Crippen LogP contribution in [-0.2, 0) is 30.3 Å². The number of aliphatic carboxylic acids is 1. The summed E-state index contributed by atoms with van der Waals surface area (Å²) in [5.41, 5.74) is 0.305. The second kappa shape index (κ2) is 16.3. The lowest BCUT2D eigenvalue weighted by Gasteiger charge is -2.35. The molecule has 8 atom stereocenters. The lowest BCUT2D eigenvalue weighted by molar-refractivity contribution is -0.157. The number of nitrogens with zero attached hydrogens (tertiary/aromatic N) is 3. The van der Waals surface area contributed by atoms with Crippen LogP contribution in [0.25, 0.3) is 22.3 Å². The molecule has 4 fully saturated rings. The Balaban J connectivity index is 1.19. The summed E-state index contributed by atoms with van der Waals surface area (Å²) >= 11 is 1.60. The van der Waals surface area contributed by atoms with Crippen molar-refractivity contribution in [3.8, 4) is 22.9 Å². The zero-order valence-electron chi connectivity index (χ0n) is 34.5. The number of aromatic nitrogens is 2. The molecular weight excluding hydrogens is 743 g/mol. The number of pyridine rings is 1. The number of rotatable bonds is 17. The Kier molecular flexibility index (Phi) is 11.8. The molecule has 4 aliphatic rings. The van der Waals surface area contributed by atoms with E-state index < -0.39 is 40.8 Å². The third-order valence-corrected chi connectivity index (χ3v) is 13.5. The van der Waals surface area contributed by atoms with Gasteiger partial charge in [-0.25, -0.2) is 9.97 Å². The zero-order chi connectivity index (χ0) is 40.8. The molecule has 308 valence electrons. The first kappa shape index (κ1) is 41.1. The van der Waals surface area contributed by atoms with Crippen molar-refractivity contribution in [3.05, 3.63) is 34.7 Å². The maximum Gasteiger partial charge on any atom is 0.310 e. The summed E-state index contributed by atoms with van der Waals surface area (Å²) in [5, 5.41) is 14.0. The molecule has 0 bridgehead atoms. The molecular formula is C45H59N3O8S. The van der Waals surface area contributed by atoms with Crippen LogP contribution in [0, 0.1) is 40.4 Å². The topological polar surface area (TPSA) is 145 Å². The Labute approximate surface area is 340 Å². The van der Waals surface area contributed by atoms with Crippen molar-refractivity contribution in [2.45, 2.75) is 131 Å². The van der Waals surface area contributed by atoms with E-state index in [0.717, 1.165) is 41.8 Å². The van der Waals surface area contributed by atoms with E-state index >= 15 is 0 Å². The fourth-order valence-electron chi connectivity index (χ4n) is 9.22. The van der Waals surface area contributed by atoms with Crippen LogP contribution < -0.4 is 9.47 Å². The van der Waals surface area contributed by atoms with E-state index in [1.807, 2.05) is 57.3 Å². The SMILES string of the molecule is CCCOc1ccc2c(O[C@@H]3C[C@@H](C(=O)C[C@]4(C(=O)O)C[C@H]4CC)N(C(=O)[C@@H](CC(=O)OC4C[C@@H]5C[C@@H]5C4)C(C)(C)C)C3)cc(-c3csc(CC(C)C)n3)nc2c1. The number of amides is 1. The van der Waals surface area contributed by atoms with E-state index in [9.17, 15) is 24.3 Å². The van der Waals surface area contributed by atoms with Crippen LogP contribution in [0.2, 0.25) is 0 Å². The van der Waals surface area contributed by atoms with E-state index in [-0.39, 0.29) is 49.5 Å². The molecule has 1 aliphatic heterocycles. The van der Waals surface area contributed by atoms with Crippen molar-refractivity contribution < 1.29 is 38.5 Å². The van der Waals surface area contributed by atoms with Gasteiger partial charge in [-0.1, -0.05) is 54.9 Å². The van der Waals surface area contributed by atoms with Crippen molar-refractivity contribution in [1.29, 1.82) is 0 Å². The number of esters is 1. The Bertz CT molecular complexity index is 2000. The molecule has 0 radical (unpaired) electrons. The first-order valence-electron chi connectivity index (χ1n) is 21.0. The van der Waals surface area contributed by atoms with Crippen LogP contribution in [0.4, 0.5) is 0 Å². The van der Waals surface area contributed by atoms with Gasteiger partial charge < -0.3 is 24.2 Å². The molecule has 7 rings (SSSR count). The molecule has 1 N–H and O–H groups in total. The van der Waals surface area contributed by atoms with Crippen molar-refractivity contribution in [3.63, 3.8) is 0 Å². The van der Waals surface area contributed by atoms with E-state index in [1.54, 1.807) is 16.2 Å². The number of fused-ring (bicyclic) bond motifs is 2. The van der Waals surface area contributed by atoms with Crippen LogP contribution in [0.5, 0.6) is 11.5 Å². The number of carbonyl (C=O) groups excluding carboxylic acids is 3. The quantitative estimate of drug-likeness (QED) is 0.132. The Morgan fingerprint density at radius 2 is 1.75 bits per heavy atom. The van der Waals surface area contributed by atoms with Gasteiger partial charge in [-0.15, -0.1) is 11.3 Å². The zero-order valence-corrected chi connectivity index (χ0v) is 35.4. The van der Waals surface area contributed by atoms with Gasteiger partial charge in [0.25, 0.3) is 0 Å². The minimum Gasteiger partial charge on any atom is -0.494 e. The van der Waals surface area contributed by atoms with Crippen LogP contribution in [0.1, 0.15) is 111 Å². The minimum absolute atomic E-state index is 0.0881. The molecule has 3 saturated carbocycles. The van der Waals surface area contributed by atoms with E-state index in [4.69, 9.17) is 24.2 Å². The molecule has 3 heterocycles. The number of likely N-dealkylation sites (tertiary alicyclic amines) is 1. The summed E-state index contributed by atoms with van der Waals surface area (Å²) in [4.78, 5) is 66.5. The fraction of sp³-hybridized carbons (Fsp3) is 0.644. The Morgan fingerprint density at radius 3 is 2.40 bits per heavy atom. The largest absolute Gasteiger partial charge is 0.494 e. The second-order valence-corrected chi connectivity index (χ2v) is 19.6. The summed E-state index contributed by atoms with van der Waals surface area (Å²) < 4.78 is 18.7. The molecule has 1 aromatic carbocycles. The number of benzene rings is 1. The number of hydrogen-bond donors (Lipinski definition) is 1. The van der Waals surface area contributed by atoms with Gasteiger partial charge in [0, 0.05) is 42.2 Å². The summed E-state index contributed by atoms with van der Waals surface area (Å²) in [6.07, 6.45) is 5.04. The summed E-state index contributed by atoms with van der Waals surface area (Å²) in [6, 6.07) is 6.67. The van der Waals surface area contributed by atoms with Crippen molar-refractivity contribution >= 4 is 45.9 Å². The molecule has 2 aromatic heterocycles. The lowest BCUT2D eigenvalue weighted by atomic mass is 9.77. The molecule has 3 aliphatic carbocycles. The number of Topliss-reactive ketones (excluding diaryl/α,β-unsaturated/α-hetero) is 1. The number of carbonyl (C=O) groups is 4. The van der Waals surface area contributed by atoms with Crippen molar-refractivity contribution in [2.24, 2.45) is 40.4 Å². The third kappa shape index (κ3) is 9.00. The normalized spacial score (nSPS) is 27.0. The molecule has 11 nitrogen and oxygen atoms in total. The summed E-state index contributed by atoms with van der Waals surface area (Å²) in [5.74, 6) is 0.178. The number of hydrogen-bond acceptors (Lipinski definition) is 10. The van der Waals surface area contributed by atoms with Gasteiger partial charge in [0.05, 0.1) is 58.9 Å². The van der Waals surface area contributed by atoms with E-state index in [2.05, 4.69) is 20.8 Å². The molecule has 3 aromatic rings. The highest BCUT2D eigenvalue weighted by atomic mass is 32.1. The molecule has 1 amide bonds. The second-order valence-electron chi connectivity index (χ2n) is 18.6. The maximum absolute atomic E-state index is 14.8. The number of ether oxygens (including phenoxy) is 3. The maximum atomic E-state index is 14.8. The first-order chi connectivity index (χ1) is 27.1. The Morgan fingerprint density at radius 1 is 1.00 bits per heavy atom. The average molecular weight is 802 g/mol. The monoisotopic (exact) mass is 801 g/mol. The molecule has 1 saturated heterocycles. The highest BCUT2D eigenvalue weighted by molar-refractivity contribution is 7.09. The predicted molar refractivity (Wildman–Crippen MR) is 218 cm³/mol. The van der Waals surface area contributed by atoms with Crippen LogP contribution in [-0.4, -0.2) is 75.0 Å². The number of carboxylic acid groups (broad SMARTS) is 1. The van der Waals surface area contributed by atoms with Crippen LogP contribution in [0.15, 0.2) is 29.6 Å². The third-order valence-electron chi connectivity index (χ3n) is 12.7. The molecule has 57 heavy (non-hydrogen) atoms. The summed E-state index contributed by atoms with van der Waals surface area (Å²) in [6.45, 7) is 14.8. The average Bonchev–Trinajstić information content (AvgIpc) is 3.82. The first-order valence-corrected chi connectivity index (χ1v) is 21.9. The number of carboxylic acids is 1. The van der Waals surface area contributed by atoms with E-state index in [0.29, 0.717) is 59.9 Å². The van der Waals surface area contributed by atoms with Gasteiger partial charge >= 0.3 is 11.9 Å². The highest BCUT2D eigenvalue weighted by Crippen LogP contribution is 2.58. The van der Waals surface area contributed by atoms with Gasteiger partial charge in [0.2, 0.25) is 5.91 Å². The standard InChI is InChI=1S/C45H59N3O8S/c1-8-12-54-29-10-11-32-34(17-29)46-35(36-24-57-40(47-36)13-25(3)4)20-39(32)55-31-18-37(38(49)22-45(43(52)53)21-28(45)9-2)48(23-31)42(51)33(44(5,6)7)19-41(50)56-30-15-26-14-27(26)16-30/h10-11,17,20,24-28,30-31,33,37H,8-9,12-16,18-19,21-23H2,1-7H3,(H,52,53)/t26-,27+,28-,30?,31-,33-,37+,45-/m1/s1. The van der Waals surface area contributed by atoms with Gasteiger partial charge in [-0.05, 0) is 73.3 Å². The number of thiazole rings is 1. The van der Waals surface area contributed by atoms with Gasteiger partial charge in [0.15, 0.2) is 5.78 Å². The molecule has 1 unspecified atom stereocenters. The minimum atomic E-state index is -1.12. The van der Waals surface area contributed by atoms with Gasteiger partial charge in [0.1, 0.15) is 23.7 Å². The lowest BCUT2D eigenvalue weighted by Crippen LogP contribution is -2.48. The molecule has 12 heteroatoms. The van der Waals surface area contributed by atoms with Crippen molar-refractivity contribution in [2.75, 3.05) is 13.2 Å². The van der Waals surface area contributed by atoms with Crippen LogP contribution >= 0.6 is 11.3 Å². The van der Waals surface area contributed by atoms with Crippen LogP contribution in [0.3, 0.4) is 0 Å². The van der Waals surface area contributed by atoms with Gasteiger partial charge in [-0.2, -0.15) is 0 Å².